The Kier molecular flexibility index (Phi) is 34.2. The molecular formula is C35H70ClNO3. The first-order valence-corrected chi connectivity index (χ1v) is 17.8. The number of rotatable bonds is 29. The van der Waals surface area contributed by atoms with Crippen molar-refractivity contribution in [2.75, 3.05) is 0 Å². The molecule has 0 unspecified atom stereocenters. The predicted molar refractivity (Wildman–Crippen MR) is 176 cm³/mol. The van der Waals surface area contributed by atoms with Crippen LogP contribution in [-0.4, -0.2) is 22.4 Å². The molecule has 0 aliphatic carbocycles. The molecule has 0 aromatic rings. The van der Waals surface area contributed by atoms with Crippen molar-refractivity contribution in [2.24, 2.45) is 17.6 Å². The Labute approximate surface area is 255 Å². The number of hydrogen-bond acceptors (Lipinski definition) is 3. The fourth-order valence-corrected chi connectivity index (χ4v) is 5.34. The van der Waals surface area contributed by atoms with Crippen LogP contribution in [-0.2, 0) is 9.59 Å². The summed E-state index contributed by atoms with van der Waals surface area (Å²) in [7, 11) is 0. The number of hydrogen-bond donors (Lipinski definition) is 2. The van der Waals surface area contributed by atoms with Crippen molar-refractivity contribution in [3.8, 4) is 0 Å². The minimum atomic E-state index is -0.931. The molecule has 4 nitrogen and oxygen atoms in total. The molecule has 0 aliphatic rings. The third-order valence-corrected chi connectivity index (χ3v) is 8.45. The molecule has 40 heavy (non-hydrogen) atoms. The molecule has 3 N–H and O–H groups in total. The average Bonchev–Trinajstić information content (AvgIpc) is 2.92. The van der Waals surface area contributed by atoms with Gasteiger partial charge in [-0.05, 0) is 30.4 Å². The molecule has 0 saturated carbocycles. The topological polar surface area (TPSA) is 80.4 Å². The number of carbonyl (C=O) groups excluding carboxylic acids is 1. The van der Waals surface area contributed by atoms with Crippen molar-refractivity contribution >= 4 is 22.8 Å². The molecule has 0 saturated heterocycles. The largest absolute Gasteiger partial charge is 0.480 e. The summed E-state index contributed by atoms with van der Waals surface area (Å²) < 4.78 is 0. The Bertz CT molecular complexity index is 513. The number of unbranched alkanes of at least 4 members (excludes halogenated alkanes) is 22. The number of carbonyl (C=O) groups is 2. The third-order valence-electron chi connectivity index (χ3n) is 8.14. The highest BCUT2D eigenvalue weighted by molar-refractivity contribution is 6.63. The molecule has 0 heterocycles. The summed E-state index contributed by atoms with van der Waals surface area (Å²) in [6.45, 7) is 8.12. The molecule has 5 heteroatoms. The van der Waals surface area contributed by atoms with Crippen LogP contribution in [0.5, 0.6) is 0 Å². The van der Waals surface area contributed by atoms with Crippen LogP contribution < -0.4 is 5.73 Å². The maximum Gasteiger partial charge on any atom is 0.320 e. The zero-order chi connectivity index (χ0) is 30.3. The third kappa shape index (κ3) is 31.9. The molecule has 0 spiro atoms. The lowest BCUT2D eigenvalue weighted by molar-refractivity contribution is -0.139. The summed E-state index contributed by atoms with van der Waals surface area (Å²) in [6, 6.07) is -0.713. The summed E-state index contributed by atoms with van der Waals surface area (Å²) in [5, 5.41) is 8.14. The maximum atomic E-state index is 11.8. The van der Waals surface area contributed by atoms with Crippen LogP contribution in [0.25, 0.3) is 0 Å². The van der Waals surface area contributed by atoms with Crippen molar-refractivity contribution in [3.05, 3.63) is 0 Å². The summed E-state index contributed by atoms with van der Waals surface area (Å²) in [6.07, 6.45) is 34.9. The molecule has 240 valence electrons. The van der Waals surface area contributed by atoms with Gasteiger partial charge in [-0.1, -0.05) is 182 Å². The first-order chi connectivity index (χ1) is 19.3. The summed E-state index contributed by atoms with van der Waals surface area (Å²) in [4.78, 5) is 21.8. The first kappa shape index (κ1) is 41.5. The maximum absolute atomic E-state index is 11.8. The SMILES string of the molecule is CC(C)[C@H](N)C(=O)O.CCCCCCCCCCCCCCC(CCCCCCCCCCCCCC)C(=O)Cl. The minimum absolute atomic E-state index is 0.0208. The minimum Gasteiger partial charge on any atom is -0.480 e. The standard InChI is InChI=1S/C30H59ClO.C5H11NO2/c1-3-5-7-9-11-13-15-17-19-21-23-25-27-29(30(31)32)28-26-24-22-20-18-16-14-12-10-8-6-4-2;1-3(2)4(6)5(7)8/h29H,3-28H2,1-2H3;3-4H,6H2,1-2H3,(H,7,8)/t;4-/m.0/s1. The van der Waals surface area contributed by atoms with E-state index in [1.54, 1.807) is 13.8 Å². The molecule has 0 aliphatic heterocycles. The molecule has 0 radical (unpaired) electrons. The Hall–Kier alpha value is -0.610. The van der Waals surface area contributed by atoms with E-state index in [1.807, 2.05) is 0 Å². The van der Waals surface area contributed by atoms with E-state index in [0.29, 0.717) is 0 Å². The van der Waals surface area contributed by atoms with Gasteiger partial charge in [-0.15, -0.1) is 0 Å². The van der Waals surface area contributed by atoms with Crippen LogP contribution >= 0.6 is 11.6 Å². The Morgan fingerprint density at radius 1 is 0.550 bits per heavy atom. The number of carboxylic acid groups (broad SMARTS) is 1. The van der Waals surface area contributed by atoms with Crippen LogP contribution in [0.3, 0.4) is 0 Å². The first-order valence-electron chi connectivity index (χ1n) is 17.5. The van der Waals surface area contributed by atoms with E-state index in [9.17, 15) is 9.59 Å². The number of halogens is 1. The lowest BCUT2D eigenvalue weighted by Gasteiger charge is -2.12. The van der Waals surface area contributed by atoms with Crippen LogP contribution in [0.2, 0.25) is 0 Å². The second kappa shape index (κ2) is 32.9. The lowest BCUT2D eigenvalue weighted by atomic mass is 9.95. The van der Waals surface area contributed by atoms with Gasteiger partial charge in [-0.2, -0.15) is 0 Å². The van der Waals surface area contributed by atoms with Crippen molar-refractivity contribution in [2.45, 2.75) is 201 Å². The fraction of sp³-hybridized carbons (Fsp3) is 0.943. The second-order valence-electron chi connectivity index (χ2n) is 12.5. The number of nitrogens with two attached hydrogens (primary N) is 1. The van der Waals surface area contributed by atoms with E-state index in [0.717, 1.165) is 12.8 Å². The van der Waals surface area contributed by atoms with Gasteiger partial charge in [0.2, 0.25) is 5.24 Å². The quantitative estimate of drug-likeness (QED) is 0.0673. The molecule has 0 bridgehead atoms. The van der Waals surface area contributed by atoms with Crippen molar-refractivity contribution in [3.63, 3.8) is 0 Å². The van der Waals surface area contributed by atoms with Gasteiger partial charge in [-0.25, -0.2) is 0 Å². The van der Waals surface area contributed by atoms with E-state index in [2.05, 4.69) is 13.8 Å². The van der Waals surface area contributed by atoms with Gasteiger partial charge in [0.05, 0.1) is 0 Å². The number of carboxylic acids is 1. The second-order valence-corrected chi connectivity index (χ2v) is 12.8. The van der Waals surface area contributed by atoms with Gasteiger partial charge in [0, 0.05) is 5.92 Å². The van der Waals surface area contributed by atoms with Crippen molar-refractivity contribution in [1.82, 2.24) is 0 Å². The van der Waals surface area contributed by atoms with Crippen LogP contribution in [0.15, 0.2) is 0 Å². The normalized spacial score (nSPS) is 12.0. The van der Waals surface area contributed by atoms with E-state index < -0.39 is 12.0 Å². The fourth-order valence-electron chi connectivity index (χ4n) is 5.12. The van der Waals surface area contributed by atoms with Gasteiger partial charge < -0.3 is 10.8 Å². The van der Waals surface area contributed by atoms with Gasteiger partial charge in [0.15, 0.2) is 0 Å². The average molecular weight is 588 g/mol. The molecular weight excluding hydrogens is 518 g/mol. The zero-order valence-electron chi connectivity index (χ0n) is 27.3. The van der Waals surface area contributed by atoms with E-state index >= 15 is 0 Å². The van der Waals surface area contributed by atoms with Gasteiger partial charge in [0.25, 0.3) is 0 Å². The Balaban J connectivity index is 0. The molecule has 0 aromatic carbocycles. The van der Waals surface area contributed by atoms with Crippen molar-refractivity contribution in [1.29, 1.82) is 0 Å². The van der Waals surface area contributed by atoms with Crippen LogP contribution in [0.1, 0.15) is 195 Å². The van der Waals surface area contributed by atoms with Gasteiger partial charge >= 0.3 is 5.97 Å². The highest BCUT2D eigenvalue weighted by Gasteiger charge is 2.15. The Morgan fingerprint density at radius 2 is 0.800 bits per heavy atom. The van der Waals surface area contributed by atoms with Crippen LogP contribution in [0, 0.1) is 11.8 Å². The lowest BCUT2D eigenvalue weighted by Crippen LogP contribution is -2.34. The number of aliphatic carboxylic acids is 1. The smallest absolute Gasteiger partial charge is 0.320 e. The summed E-state index contributed by atoms with van der Waals surface area (Å²) in [5.41, 5.74) is 5.16. The highest BCUT2D eigenvalue weighted by atomic mass is 35.5. The monoisotopic (exact) mass is 588 g/mol. The molecule has 1 atom stereocenters. The highest BCUT2D eigenvalue weighted by Crippen LogP contribution is 2.22. The molecule has 0 rings (SSSR count). The van der Waals surface area contributed by atoms with Crippen molar-refractivity contribution < 1.29 is 14.7 Å². The van der Waals surface area contributed by atoms with Gasteiger partial charge in [0.1, 0.15) is 6.04 Å². The van der Waals surface area contributed by atoms with Gasteiger partial charge in [-0.3, -0.25) is 9.59 Å². The summed E-state index contributed by atoms with van der Waals surface area (Å²) >= 11 is 5.89. The zero-order valence-corrected chi connectivity index (χ0v) is 28.1. The molecule has 0 fully saturated rings. The van der Waals surface area contributed by atoms with E-state index in [4.69, 9.17) is 22.4 Å². The Morgan fingerprint density at radius 3 is 0.975 bits per heavy atom. The summed E-state index contributed by atoms with van der Waals surface area (Å²) in [5.74, 6) is -0.796. The van der Waals surface area contributed by atoms with E-state index in [-0.39, 0.29) is 17.1 Å². The molecule has 0 aromatic heterocycles. The van der Waals surface area contributed by atoms with Crippen LogP contribution in [0.4, 0.5) is 0 Å². The van der Waals surface area contributed by atoms with E-state index in [1.165, 1.54) is 154 Å². The molecule has 0 amide bonds. The predicted octanol–water partition coefficient (Wildman–Crippen LogP) is 11.6.